The van der Waals surface area contributed by atoms with Crippen molar-refractivity contribution in [3.8, 4) is 6.07 Å². The summed E-state index contributed by atoms with van der Waals surface area (Å²) in [5.74, 6) is 0.670. The minimum absolute atomic E-state index is 0.0615. The summed E-state index contributed by atoms with van der Waals surface area (Å²) in [6.45, 7) is 2.04. The average Bonchev–Trinajstić information content (AvgIpc) is 3.28. The molecule has 0 bridgehead atoms. The van der Waals surface area contributed by atoms with Gasteiger partial charge in [-0.25, -0.2) is 9.67 Å². The lowest BCUT2D eigenvalue weighted by Gasteiger charge is -2.32. The third-order valence-corrected chi connectivity index (χ3v) is 4.87. The number of fused-ring (bicyclic) bond motifs is 1. The Morgan fingerprint density at radius 1 is 1.36 bits per heavy atom. The zero-order valence-corrected chi connectivity index (χ0v) is 15.6. The van der Waals surface area contributed by atoms with Gasteiger partial charge in [-0.1, -0.05) is 0 Å². The van der Waals surface area contributed by atoms with Crippen molar-refractivity contribution in [2.45, 2.75) is 25.8 Å². The Labute approximate surface area is 161 Å². The van der Waals surface area contributed by atoms with E-state index in [1.807, 2.05) is 24.0 Å². The number of carbonyl (C=O) groups is 1. The van der Waals surface area contributed by atoms with Gasteiger partial charge >= 0.3 is 0 Å². The normalized spacial score (nSPS) is 16.9. The quantitative estimate of drug-likeness (QED) is 0.713. The number of hydrogen-bond acceptors (Lipinski definition) is 7. The average molecular weight is 379 g/mol. The molecule has 3 aromatic heterocycles. The van der Waals surface area contributed by atoms with Gasteiger partial charge in [-0.3, -0.25) is 9.48 Å². The summed E-state index contributed by atoms with van der Waals surface area (Å²) in [6.07, 6.45) is 8.94. The van der Waals surface area contributed by atoms with E-state index in [1.54, 1.807) is 28.2 Å². The molecule has 1 amide bonds. The molecule has 1 N–H and O–H groups in total. The standard InChI is InChI=1S/C18H21N9O/c1-25-12-15(9-21-25)23-18-20-7-14-8-22-27(17(14)24-18)11-13-3-2-6-26(10-13)16(28)4-5-19/h7-9,12-13H,2-4,6,10-11H2,1H3,(H,20,23,24). The molecular formula is C18H21N9O. The number of carbonyl (C=O) groups excluding carboxylic acids is 1. The number of likely N-dealkylation sites (tertiary alicyclic amines) is 1. The minimum atomic E-state index is -0.0946. The van der Waals surface area contributed by atoms with Crippen molar-refractivity contribution < 1.29 is 4.79 Å². The van der Waals surface area contributed by atoms with Crippen LogP contribution in [0.1, 0.15) is 19.3 Å². The highest BCUT2D eigenvalue weighted by Gasteiger charge is 2.24. The first-order valence-corrected chi connectivity index (χ1v) is 9.21. The summed E-state index contributed by atoms with van der Waals surface area (Å²) in [5.41, 5.74) is 1.56. The summed E-state index contributed by atoms with van der Waals surface area (Å²) in [6, 6.07) is 1.94. The van der Waals surface area contributed by atoms with Gasteiger partial charge in [0.05, 0.1) is 29.5 Å². The Kier molecular flexibility index (Phi) is 4.89. The van der Waals surface area contributed by atoms with Crippen molar-refractivity contribution in [2.75, 3.05) is 18.4 Å². The van der Waals surface area contributed by atoms with Gasteiger partial charge in [0.2, 0.25) is 11.9 Å². The van der Waals surface area contributed by atoms with E-state index < -0.39 is 0 Å². The molecule has 3 aromatic rings. The van der Waals surface area contributed by atoms with Crippen molar-refractivity contribution in [2.24, 2.45) is 13.0 Å². The van der Waals surface area contributed by atoms with Gasteiger partial charge in [0.15, 0.2) is 5.65 Å². The molecule has 0 spiro atoms. The Hall–Kier alpha value is -3.48. The molecule has 0 aromatic carbocycles. The molecule has 1 fully saturated rings. The van der Waals surface area contributed by atoms with Crippen LogP contribution >= 0.6 is 0 Å². The smallest absolute Gasteiger partial charge is 0.236 e. The maximum absolute atomic E-state index is 12.0. The van der Waals surface area contributed by atoms with Crippen LogP contribution in [0.5, 0.6) is 0 Å². The fraction of sp³-hybridized carbons (Fsp3) is 0.444. The predicted octanol–water partition coefficient (Wildman–Crippen LogP) is 1.46. The second kappa shape index (κ2) is 7.64. The number of rotatable bonds is 5. The molecule has 1 aliphatic heterocycles. The highest BCUT2D eigenvalue weighted by molar-refractivity contribution is 5.78. The van der Waals surface area contributed by atoms with Crippen LogP contribution in [-0.4, -0.2) is 53.4 Å². The van der Waals surface area contributed by atoms with Gasteiger partial charge in [-0.15, -0.1) is 0 Å². The fourth-order valence-electron chi connectivity index (χ4n) is 3.54. The SMILES string of the molecule is Cn1cc(Nc2ncc3cnn(CC4CCCN(C(=O)CC#N)C4)c3n2)cn1. The molecular weight excluding hydrogens is 358 g/mol. The van der Waals surface area contributed by atoms with Crippen molar-refractivity contribution in [3.05, 3.63) is 24.8 Å². The molecule has 0 aliphatic carbocycles. The Bertz CT molecular complexity index is 1030. The highest BCUT2D eigenvalue weighted by atomic mass is 16.2. The number of nitrogens with zero attached hydrogens (tertiary/aromatic N) is 8. The lowest BCUT2D eigenvalue weighted by Crippen LogP contribution is -2.41. The first-order valence-electron chi connectivity index (χ1n) is 9.21. The molecule has 0 saturated carbocycles. The van der Waals surface area contributed by atoms with E-state index >= 15 is 0 Å². The molecule has 1 saturated heterocycles. The minimum Gasteiger partial charge on any atom is -0.341 e. The molecule has 144 valence electrons. The first kappa shape index (κ1) is 17.9. The van der Waals surface area contributed by atoms with E-state index in [0.29, 0.717) is 19.0 Å². The first-order chi connectivity index (χ1) is 13.6. The van der Waals surface area contributed by atoms with E-state index in [1.165, 1.54) is 0 Å². The molecule has 4 heterocycles. The zero-order valence-electron chi connectivity index (χ0n) is 15.6. The van der Waals surface area contributed by atoms with Crippen LogP contribution in [0.15, 0.2) is 24.8 Å². The topological polar surface area (TPSA) is 118 Å². The predicted molar refractivity (Wildman–Crippen MR) is 101 cm³/mol. The van der Waals surface area contributed by atoms with E-state index in [2.05, 4.69) is 25.5 Å². The Morgan fingerprint density at radius 3 is 3.04 bits per heavy atom. The fourth-order valence-corrected chi connectivity index (χ4v) is 3.54. The van der Waals surface area contributed by atoms with Gasteiger partial charge in [0.1, 0.15) is 6.42 Å². The van der Waals surface area contributed by atoms with Gasteiger partial charge in [0.25, 0.3) is 0 Å². The number of hydrogen-bond donors (Lipinski definition) is 1. The molecule has 1 unspecified atom stereocenters. The number of amides is 1. The summed E-state index contributed by atoms with van der Waals surface area (Å²) in [5, 5.41) is 21.3. The lowest BCUT2D eigenvalue weighted by atomic mass is 9.98. The molecule has 1 aliphatic rings. The van der Waals surface area contributed by atoms with E-state index in [4.69, 9.17) is 5.26 Å². The summed E-state index contributed by atoms with van der Waals surface area (Å²) in [4.78, 5) is 22.7. The molecule has 1 atom stereocenters. The van der Waals surface area contributed by atoms with Crippen LogP contribution in [0.2, 0.25) is 0 Å². The van der Waals surface area contributed by atoms with Crippen molar-refractivity contribution in [1.29, 1.82) is 5.26 Å². The molecule has 10 nitrogen and oxygen atoms in total. The van der Waals surface area contributed by atoms with Gasteiger partial charge in [0, 0.05) is 39.1 Å². The van der Waals surface area contributed by atoms with Gasteiger partial charge in [-0.05, 0) is 18.8 Å². The van der Waals surface area contributed by atoms with Crippen LogP contribution in [0.4, 0.5) is 11.6 Å². The monoisotopic (exact) mass is 379 g/mol. The number of aromatic nitrogens is 6. The zero-order chi connectivity index (χ0) is 19.5. The van der Waals surface area contributed by atoms with E-state index in [9.17, 15) is 4.79 Å². The number of anilines is 2. The van der Waals surface area contributed by atoms with Crippen molar-refractivity contribution in [1.82, 2.24) is 34.4 Å². The number of aryl methyl sites for hydroxylation is 1. The van der Waals surface area contributed by atoms with Crippen LogP contribution in [0.25, 0.3) is 11.0 Å². The molecule has 28 heavy (non-hydrogen) atoms. The third-order valence-electron chi connectivity index (χ3n) is 4.87. The van der Waals surface area contributed by atoms with Crippen molar-refractivity contribution >= 4 is 28.6 Å². The summed E-state index contributed by atoms with van der Waals surface area (Å²) >= 11 is 0. The van der Waals surface area contributed by atoms with Crippen molar-refractivity contribution in [3.63, 3.8) is 0 Å². The molecule has 0 radical (unpaired) electrons. The van der Waals surface area contributed by atoms with Crippen LogP contribution in [0.3, 0.4) is 0 Å². The van der Waals surface area contributed by atoms with Crippen LogP contribution < -0.4 is 5.32 Å². The second-order valence-electron chi connectivity index (χ2n) is 7.01. The Morgan fingerprint density at radius 2 is 2.25 bits per heavy atom. The van der Waals surface area contributed by atoms with Gasteiger partial charge in [-0.2, -0.15) is 20.4 Å². The lowest BCUT2D eigenvalue weighted by molar-refractivity contribution is -0.132. The Balaban J connectivity index is 1.50. The second-order valence-corrected chi connectivity index (χ2v) is 7.01. The van der Waals surface area contributed by atoms with E-state index in [0.717, 1.165) is 36.1 Å². The third kappa shape index (κ3) is 3.78. The highest BCUT2D eigenvalue weighted by Crippen LogP contribution is 2.21. The number of nitriles is 1. The molecule has 10 heteroatoms. The van der Waals surface area contributed by atoms with E-state index in [-0.39, 0.29) is 18.2 Å². The largest absolute Gasteiger partial charge is 0.341 e. The maximum Gasteiger partial charge on any atom is 0.236 e. The molecule has 4 rings (SSSR count). The maximum atomic E-state index is 12.0. The number of piperidine rings is 1. The number of nitrogens with one attached hydrogen (secondary N) is 1. The van der Waals surface area contributed by atoms with Gasteiger partial charge < -0.3 is 10.2 Å². The summed E-state index contributed by atoms with van der Waals surface area (Å²) in [7, 11) is 1.85. The summed E-state index contributed by atoms with van der Waals surface area (Å²) < 4.78 is 3.57. The van der Waals surface area contributed by atoms with Crippen LogP contribution in [-0.2, 0) is 18.4 Å². The van der Waals surface area contributed by atoms with Crippen LogP contribution in [0, 0.1) is 17.2 Å².